The maximum atomic E-state index is 5.74. The van der Waals surface area contributed by atoms with Crippen LogP contribution in [0.4, 0.5) is 0 Å². The first kappa shape index (κ1) is 10.7. The molecule has 1 heterocycles. The van der Waals surface area contributed by atoms with Crippen LogP contribution in [0.3, 0.4) is 0 Å². The fourth-order valence-electron chi connectivity index (χ4n) is 1.66. The number of rotatable bonds is 3. The van der Waals surface area contributed by atoms with Gasteiger partial charge in [-0.15, -0.1) is 0 Å². The normalized spacial score (nSPS) is 10.4. The summed E-state index contributed by atoms with van der Waals surface area (Å²) < 4.78 is 10.7. The van der Waals surface area contributed by atoms with E-state index in [0.717, 1.165) is 28.3 Å². The topological polar surface area (TPSA) is 35.3 Å². The van der Waals surface area contributed by atoms with Gasteiger partial charge in [0.25, 0.3) is 0 Å². The van der Waals surface area contributed by atoms with E-state index in [9.17, 15) is 0 Å². The Balaban J connectivity index is 2.10. The zero-order valence-corrected chi connectivity index (χ0v) is 9.78. The molecule has 0 aliphatic rings. The second kappa shape index (κ2) is 4.39. The maximum Gasteiger partial charge on any atom is 0.134 e. The molecule has 0 aliphatic heterocycles. The number of ether oxygens (including phenoxy) is 1. The minimum absolute atomic E-state index is 0.447. The predicted molar refractivity (Wildman–Crippen MR) is 61.5 cm³/mol. The van der Waals surface area contributed by atoms with E-state index in [1.165, 1.54) is 0 Å². The van der Waals surface area contributed by atoms with Crippen molar-refractivity contribution in [2.24, 2.45) is 0 Å². The SMILES string of the molecule is Cc1cc(COc2c(C)cccc2C)no1. The van der Waals surface area contributed by atoms with Crippen LogP contribution in [0.25, 0.3) is 0 Å². The molecule has 3 heteroatoms. The Morgan fingerprint density at radius 2 is 1.88 bits per heavy atom. The lowest BCUT2D eigenvalue weighted by molar-refractivity contribution is 0.284. The van der Waals surface area contributed by atoms with E-state index in [1.807, 2.05) is 45.0 Å². The number of hydrogen-bond donors (Lipinski definition) is 0. The van der Waals surface area contributed by atoms with Crippen LogP contribution < -0.4 is 4.74 Å². The van der Waals surface area contributed by atoms with Crippen molar-refractivity contribution in [1.29, 1.82) is 0 Å². The van der Waals surface area contributed by atoms with Gasteiger partial charge in [-0.1, -0.05) is 23.4 Å². The van der Waals surface area contributed by atoms with E-state index in [1.54, 1.807) is 0 Å². The molecule has 0 atom stereocenters. The minimum atomic E-state index is 0.447. The first-order chi connectivity index (χ1) is 7.66. The van der Waals surface area contributed by atoms with E-state index in [2.05, 4.69) is 5.16 Å². The van der Waals surface area contributed by atoms with Crippen LogP contribution in [-0.2, 0) is 6.61 Å². The average molecular weight is 217 g/mol. The van der Waals surface area contributed by atoms with Crippen molar-refractivity contribution in [2.45, 2.75) is 27.4 Å². The van der Waals surface area contributed by atoms with Crippen molar-refractivity contribution in [1.82, 2.24) is 5.16 Å². The fraction of sp³-hybridized carbons (Fsp3) is 0.308. The average Bonchev–Trinajstić information content (AvgIpc) is 2.63. The molecule has 0 fully saturated rings. The Hall–Kier alpha value is -1.77. The van der Waals surface area contributed by atoms with Crippen molar-refractivity contribution < 1.29 is 9.26 Å². The third-order valence-electron chi connectivity index (χ3n) is 2.45. The summed E-state index contributed by atoms with van der Waals surface area (Å²) in [5.41, 5.74) is 3.10. The fourth-order valence-corrected chi connectivity index (χ4v) is 1.66. The lowest BCUT2D eigenvalue weighted by Gasteiger charge is -2.10. The minimum Gasteiger partial charge on any atom is -0.487 e. The molecule has 0 spiro atoms. The molecule has 2 aromatic rings. The van der Waals surface area contributed by atoms with Crippen LogP contribution in [-0.4, -0.2) is 5.16 Å². The van der Waals surface area contributed by atoms with Gasteiger partial charge in [0.2, 0.25) is 0 Å². The van der Waals surface area contributed by atoms with Gasteiger partial charge in [-0.3, -0.25) is 0 Å². The third kappa shape index (κ3) is 2.24. The van der Waals surface area contributed by atoms with Gasteiger partial charge in [0.15, 0.2) is 0 Å². The predicted octanol–water partition coefficient (Wildman–Crippen LogP) is 3.18. The summed E-state index contributed by atoms with van der Waals surface area (Å²) in [5.74, 6) is 1.74. The Labute approximate surface area is 95.0 Å². The zero-order chi connectivity index (χ0) is 11.5. The molecule has 0 saturated carbocycles. The smallest absolute Gasteiger partial charge is 0.134 e. The molecule has 0 bridgehead atoms. The summed E-state index contributed by atoms with van der Waals surface area (Å²) in [6.07, 6.45) is 0. The van der Waals surface area contributed by atoms with E-state index >= 15 is 0 Å². The molecule has 1 aromatic carbocycles. The molecule has 0 saturated heterocycles. The van der Waals surface area contributed by atoms with Gasteiger partial charge in [0, 0.05) is 6.07 Å². The Morgan fingerprint density at radius 1 is 1.19 bits per heavy atom. The van der Waals surface area contributed by atoms with E-state index < -0.39 is 0 Å². The van der Waals surface area contributed by atoms with Gasteiger partial charge in [-0.25, -0.2) is 0 Å². The van der Waals surface area contributed by atoms with Crippen molar-refractivity contribution >= 4 is 0 Å². The highest BCUT2D eigenvalue weighted by Gasteiger charge is 2.05. The number of aryl methyl sites for hydroxylation is 3. The molecule has 1 aromatic heterocycles. The van der Waals surface area contributed by atoms with Crippen molar-refractivity contribution in [2.75, 3.05) is 0 Å². The first-order valence-corrected chi connectivity index (χ1v) is 5.28. The Bertz CT molecular complexity index is 468. The Kier molecular flexibility index (Phi) is 2.95. The zero-order valence-electron chi connectivity index (χ0n) is 9.78. The molecule has 0 radical (unpaired) electrons. The largest absolute Gasteiger partial charge is 0.487 e. The molecule has 0 N–H and O–H groups in total. The molecule has 3 nitrogen and oxygen atoms in total. The summed E-state index contributed by atoms with van der Waals surface area (Å²) in [6.45, 7) is 6.39. The van der Waals surface area contributed by atoms with Crippen LogP contribution in [0.15, 0.2) is 28.8 Å². The standard InChI is InChI=1S/C13H15NO2/c1-9-5-4-6-10(2)13(9)15-8-12-7-11(3)16-14-12/h4-7H,8H2,1-3H3. The van der Waals surface area contributed by atoms with E-state index in [4.69, 9.17) is 9.26 Å². The highest BCUT2D eigenvalue weighted by atomic mass is 16.5. The second-order valence-electron chi connectivity index (χ2n) is 3.94. The summed E-state index contributed by atoms with van der Waals surface area (Å²) in [7, 11) is 0. The molecule has 0 aliphatic carbocycles. The maximum absolute atomic E-state index is 5.74. The highest BCUT2D eigenvalue weighted by molar-refractivity contribution is 5.39. The highest BCUT2D eigenvalue weighted by Crippen LogP contribution is 2.23. The number of hydrogen-bond acceptors (Lipinski definition) is 3. The molecule has 0 unspecified atom stereocenters. The summed E-state index contributed by atoms with van der Waals surface area (Å²) in [4.78, 5) is 0. The van der Waals surface area contributed by atoms with Gasteiger partial charge in [-0.05, 0) is 31.9 Å². The van der Waals surface area contributed by atoms with Crippen molar-refractivity contribution in [3.63, 3.8) is 0 Å². The molecular weight excluding hydrogens is 202 g/mol. The van der Waals surface area contributed by atoms with Gasteiger partial charge in [-0.2, -0.15) is 0 Å². The van der Waals surface area contributed by atoms with Crippen molar-refractivity contribution in [3.05, 3.63) is 46.8 Å². The number of nitrogens with zero attached hydrogens (tertiary/aromatic N) is 1. The first-order valence-electron chi connectivity index (χ1n) is 5.28. The van der Waals surface area contributed by atoms with Crippen LogP contribution in [0, 0.1) is 20.8 Å². The number of aromatic nitrogens is 1. The molecule has 2 rings (SSSR count). The van der Waals surface area contributed by atoms with Crippen LogP contribution >= 0.6 is 0 Å². The van der Waals surface area contributed by atoms with E-state index in [-0.39, 0.29) is 0 Å². The van der Waals surface area contributed by atoms with Crippen LogP contribution in [0.1, 0.15) is 22.6 Å². The number of para-hydroxylation sites is 1. The summed E-state index contributed by atoms with van der Waals surface area (Å²) in [5, 5.41) is 3.89. The van der Waals surface area contributed by atoms with Gasteiger partial charge < -0.3 is 9.26 Å². The summed E-state index contributed by atoms with van der Waals surface area (Å²) in [6, 6.07) is 7.98. The van der Waals surface area contributed by atoms with E-state index in [0.29, 0.717) is 6.61 Å². The lowest BCUT2D eigenvalue weighted by atomic mass is 10.1. The number of benzene rings is 1. The molecule has 84 valence electrons. The van der Waals surface area contributed by atoms with Gasteiger partial charge in [0.1, 0.15) is 23.8 Å². The van der Waals surface area contributed by atoms with Crippen LogP contribution in [0.5, 0.6) is 5.75 Å². The monoisotopic (exact) mass is 217 g/mol. The molecule has 16 heavy (non-hydrogen) atoms. The molecule has 0 amide bonds. The Morgan fingerprint density at radius 3 is 2.44 bits per heavy atom. The molecular formula is C13H15NO2. The van der Waals surface area contributed by atoms with Gasteiger partial charge in [0.05, 0.1) is 0 Å². The van der Waals surface area contributed by atoms with Crippen molar-refractivity contribution in [3.8, 4) is 5.75 Å². The third-order valence-corrected chi connectivity index (χ3v) is 2.45. The van der Waals surface area contributed by atoms with Gasteiger partial charge >= 0.3 is 0 Å². The second-order valence-corrected chi connectivity index (χ2v) is 3.94. The lowest BCUT2D eigenvalue weighted by Crippen LogP contribution is -1.98. The summed E-state index contributed by atoms with van der Waals surface area (Å²) >= 11 is 0. The van der Waals surface area contributed by atoms with Crippen LogP contribution in [0.2, 0.25) is 0 Å². The quantitative estimate of drug-likeness (QED) is 0.792.